The highest BCUT2D eigenvalue weighted by Gasteiger charge is 2.10. The van der Waals surface area contributed by atoms with Crippen molar-refractivity contribution in [2.45, 2.75) is 13.0 Å². The van der Waals surface area contributed by atoms with Gasteiger partial charge in [0.05, 0.1) is 19.3 Å². The van der Waals surface area contributed by atoms with Crippen molar-refractivity contribution in [1.29, 1.82) is 0 Å². The maximum Gasteiger partial charge on any atom is 0.338 e. The molecule has 0 spiro atoms. The maximum atomic E-state index is 12.2. The number of rotatable bonds is 8. The van der Waals surface area contributed by atoms with E-state index in [0.29, 0.717) is 29.4 Å². The monoisotopic (exact) mass is 396 g/mol. The van der Waals surface area contributed by atoms with Crippen LogP contribution in [0.3, 0.4) is 0 Å². The summed E-state index contributed by atoms with van der Waals surface area (Å²) in [5.41, 5.74) is 2.42. The summed E-state index contributed by atoms with van der Waals surface area (Å²) in [6.07, 6.45) is 0.500. The molecule has 0 aliphatic rings. The Morgan fingerprint density at radius 2 is 1.79 bits per heavy atom. The topological polar surface area (TPSA) is 44.8 Å². The zero-order valence-corrected chi connectivity index (χ0v) is 16.3. The van der Waals surface area contributed by atoms with Crippen LogP contribution in [-0.4, -0.2) is 19.7 Å². The van der Waals surface area contributed by atoms with Crippen molar-refractivity contribution in [2.24, 2.45) is 0 Å². The molecule has 0 bridgehead atoms. The summed E-state index contributed by atoms with van der Waals surface area (Å²) in [6, 6.07) is 22.2. The summed E-state index contributed by atoms with van der Waals surface area (Å²) in [6.45, 7) is 0.678. The van der Waals surface area contributed by atoms with Crippen molar-refractivity contribution in [2.75, 3.05) is 13.7 Å². The van der Waals surface area contributed by atoms with E-state index in [1.807, 2.05) is 42.5 Å². The molecule has 5 heteroatoms. The lowest BCUT2D eigenvalue weighted by atomic mass is 10.1. The van der Waals surface area contributed by atoms with Crippen LogP contribution in [0.5, 0.6) is 11.5 Å². The van der Waals surface area contributed by atoms with Crippen molar-refractivity contribution in [3.05, 3.63) is 94.5 Å². The molecule has 0 heterocycles. The second-order valence-corrected chi connectivity index (χ2v) is 6.58. The van der Waals surface area contributed by atoms with Crippen molar-refractivity contribution in [1.82, 2.24) is 0 Å². The predicted molar refractivity (Wildman–Crippen MR) is 109 cm³/mol. The quantitative estimate of drug-likeness (QED) is 0.483. The summed E-state index contributed by atoms with van der Waals surface area (Å²) < 4.78 is 16.5. The number of carbonyl (C=O) groups is 1. The van der Waals surface area contributed by atoms with Gasteiger partial charge in [-0.3, -0.25) is 0 Å². The van der Waals surface area contributed by atoms with Gasteiger partial charge in [-0.1, -0.05) is 48.0 Å². The number of hydrogen-bond donors (Lipinski definition) is 0. The van der Waals surface area contributed by atoms with E-state index in [9.17, 15) is 4.79 Å². The van der Waals surface area contributed by atoms with Gasteiger partial charge in [0.15, 0.2) is 0 Å². The third-order valence-electron chi connectivity index (χ3n) is 4.17. The first-order chi connectivity index (χ1) is 13.7. The first-order valence-electron chi connectivity index (χ1n) is 8.92. The molecular formula is C23H21ClO4. The summed E-state index contributed by atoms with van der Waals surface area (Å²) in [5, 5.41) is 0.612. The van der Waals surface area contributed by atoms with E-state index in [2.05, 4.69) is 0 Å². The fourth-order valence-electron chi connectivity index (χ4n) is 2.71. The van der Waals surface area contributed by atoms with Crippen LogP contribution < -0.4 is 9.47 Å². The summed E-state index contributed by atoms with van der Waals surface area (Å²) >= 11 is 6.13. The Morgan fingerprint density at radius 1 is 0.964 bits per heavy atom. The lowest BCUT2D eigenvalue weighted by molar-refractivity contribution is 0.0508. The first kappa shape index (κ1) is 19.8. The molecule has 0 aliphatic carbocycles. The third-order valence-corrected chi connectivity index (χ3v) is 4.40. The molecule has 0 aromatic heterocycles. The van der Waals surface area contributed by atoms with Gasteiger partial charge in [0.1, 0.15) is 18.1 Å². The Balaban J connectivity index is 1.60. The van der Waals surface area contributed by atoms with Gasteiger partial charge in [0.2, 0.25) is 0 Å². The molecule has 3 rings (SSSR count). The standard InChI is InChI=1S/C23H21ClO4/c1-26-21-9-5-8-19(15-21)23(25)27-13-12-18-14-20(24)10-11-22(18)28-16-17-6-3-2-4-7-17/h2-11,14-15H,12-13,16H2,1H3. The van der Waals surface area contributed by atoms with Gasteiger partial charge in [-0.15, -0.1) is 0 Å². The minimum Gasteiger partial charge on any atom is -0.497 e. The van der Waals surface area contributed by atoms with Gasteiger partial charge in [0.25, 0.3) is 0 Å². The minimum atomic E-state index is -0.396. The lowest BCUT2D eigenvalue weighted by Gasteiger charge is -2.13. The molecule has 0 unspecified atom stereocenters. The summed E-state index contributed by atoms with van der Waals surface area (Å²) in [4.78, 5) is 12.2. The fraction of sp³-hybridized carbons (Fsp3) is 0.174. The van der Waals surface area contributed by atoms with Crippen LogP contribution in [0, 0.1) is 0 Å². The van der Waals surface area contributed by atoms with E-state index < -0.39 is 5.97 Å². The average molecular weight is 397 g/mol. The highest BCUT2D eigenvalue weighted by Crippen LogP contribution is 2.24. The van der Waals surface area contributed by atoms with Gasteiger partial charge >= 0.3 is 5.97 Å². The summed E-state index contributed by atoms with van der Waals surface area (Å²) in [7, 11) is 1.56. The molecule has 3 aromatic rings. The van der Waals surface area contributed by atoms with Gasteiger partial charge in [-0.2, -0.15) is 0 Å². The molecule has 0 saturated carbocycles. The summed E-state index contributed by atoms with van der Waals surface area (Å²) in [5.74, 6) is 0.944. The number of methoxy groups -OCH3 is 1. The van der Waals surface area contributed by atoms with Crippen molar-refractivity contribution in [3.63, 3.8) is 0 Å². The van der Waals surface area contributed by atoms with Crippen LogP contribution in [0.4, 0.5) is 0 Å². The minimum absolute atomic E-state index is 0.220. The number of ether oxygens (including phenoxy) is 3. The zero-order valence-electron chi connectivity index (χ0n) is 15.6. The van der Waals surface area contributed by atoms with Crippen molar-refractivity contribution >= 4 is 17.6 Å². The van der Waals surface area contributed by atoms with Crippen LogP contribution in [0.2, 0.25) is 5.02 Å². The van der Waals surface area contributed by atoms with Crippen LogP contribution >= 0.6 is 11.6 Å². The van der Waals surface area contributed by atoms with E-state index in [1.165, 1.54) is 0 Å². The van der Waals surface area contributed by atoms with E-state index >= 15 is 0 Å². The number of hydrogen-bond acceptors (Lipinski definition) is 4. The number of benzene rings is 3. The number of esters is 1. The second kappa shape index (κ2) is 9.81. The molecule has 0 radical (unpaired) electrons. The van der Waals surface area contributed by atoms with Crippen LogP contribution in [-0.2, 0) is 17.8 Å². The Bertz CT molecular complexity index is 925. The molecule has 0 amide bonds. The van der Waals surface area contributed by atoms with Crippen LogP contribution in [0.15, 0.2) is 72.8 Å². The highest BCUT2D eigenvalue weighted by atomic mass is 35.5. The molecule has 28 heavy (non-hydrogen) atoms. The normalized spacial score (nSPS) is 10.4. The first-order valence-corrected chi connectivity index (χ1v) is 9.30. The van der Waals surface area contributed by atoms with E-state index in [0.717, 1.165) is 16.9 Å². The van der Waals surface area contributed by atoms with E-state index in [-0.39, 0.29) is 6.61 Å². The molecule has 0 saturated heterocycles. The molecule has 3 aromatic carbocycles. The van der Waals surface area contributed by atoms with E-state index in [4.69, 9.17) is 25.8 Å². The van der Waals surface area contributed by atoms with Gasteiger partial charge in [0, 0.05) is 11.4 Å². The molecule has 0 fully saturated rings. The van der Waals surface area contributed by atoms with E-state index in [1.54, 1.807) is 37.4 Å². The van der Waals surface area contributed by atoms with Crippen LogP contribution in [0.25, 0.3) is 0 Å². The Kier molecular flexibility index (Phi) is 6.93. The lowest BCUT2D eigenvalue weighted by Crippen LogP contribution is -2.09. The largest absolute Gasteiger partial charge is 0.497 e. The molecule has 0 N–H and O–H groups in total. The molecule has 0 aliphatic heterocycles. The van der Waals surface area contributed by atoms with Crippen molar-refractivity contribution in [3.8, 4) is 11.5 Å². The van der Waals surface area contributed by atoms with Gasteiger partial charge in [-0.25, -0.2) is 4.79 Å². The smallest absolute Gasteiger partial charge is 0.338 e. The molecule has 144 valence electrons. The van der Waals surface area contributed by atoms with Gasteiger partial charge in [-0.05, 0) is 47.5 Å². The highest BCUT2D eigenvalue weighted by molar-refractivity contribution is 6.30. The number of halogens is 1. The zero-order chi connectivity index (χ0) is 19.8. The SMILES string of the molecule is COc1cccc(C(=O)OCCc2cc(Cl)ccc2OCc2ccccc2)c1. The average Bonchev–Trinajstić information content (AvgIpc) is 2.74. The van der Waals surface area contributed by atoms with Gasteiger partial charge < -0.3 is 14.2 Å². The van der Waals surface area contributed by atoms with Crippen LogP contribution in [0.1, 0.15) is 21.5 Å². The Hall–Kier alpha value is -2.98. The fourth-order valence-corrected chi connectivity index (χ4v) is 2.90. The van der Waals surface area contributed by atoms with Crippen molar-refractivity contribution < 1.29 is 19.0 Å². The third kappa shape index (κ3) is 5.51. The molecule has 4 nitrogen and oxygen atoms in total. The maximum absolute atomic E-state index is 12.2. The second-order valence-electron chi connectivity index (χ2n) is 6.14. The predicted octanol–water partition coefficient (Wildman–Crippen LogP) is 5.33. The number of carbonyl (C=O) groups excluding carboxylic acids is 1. The Morgan fingerprint density at radius 3 is 2.57 bits per heavy atom. The molecule has 0 atom stereocenters. The molecular weight excluding hydrogens is 376 g/mol. The Labute approximate surface area is 169 Å².